The van der Waals surface area contributed by atoms with Gasteiger partial charge in [-0.3, -0.25) is 0 Å². The second-order valence-electron chi connectivity index (χ2n) is 4.97. The number of aryl methyl sites for hydroxylation is 2. The van der Waals surface area contributed by atoms with Crippen LogP contribution in [-0.4, -0.2) is 36.4 Å². The first-order valence-corrected chi connectivity index (χ1v) is 7.06. The lowest BCUT2D eigenvalue weighted by atomic mass is 10.1. The fraction of sp³-hybridized carbons (Fsp3) is 0.222. The van der Waals surface area contributed by atoms with Gasteiger partial charge in [-0.25, -0.2) is 9.59 Å². The van der Waals surface area contributed by atoms with Crippen LogP contribution in [0.4, 0.5) is 0 Å². The lowest BCUT2D eigenvalue weighted by Gasteiger charge is -2.03. The third-order valence-electron chi connectivity index (χ3n) is 3.33. The molecular formula is C18H20O6. The van der Waals surface area contributed by atoms with Crippen molar-refractivity contribution in [2.24, 2.45) is 0 Å². The largest absolute Gasteiger partial charge is 0.497 e. The van der Waals surface area contributed by atoms with E-state index < -0.39 is 11.9 Å². The molecule has 0 radical (unpaired) electrons. The van der Waals surface area contributed by atoms with Gasteiger partial charge in [0.1, 0.15) is 11.5 Å². The molecule has 0 heterocycles. The summed E-state index contributed by atoms with van der Waals surface area (Å²) in [6, 6.07) is 9.74. The van der Waals surface area contributed by atoms with E-state index in [1.807, 2.05) is 0 Å². The maximum absolute atomic E-state index is 10.6. The molecule has 6 nitrogen and oxygen atoms in total. The highest BCUT2D eigenvalue weighted by atomic mass is 16.5. The number of carboxylic acids is 2. The molecule has 0 saturated carbocycles. The van der Waals surface area contributed by atoms with E-state index in [4.69, 9.17) is 19.7 Å². The zero-order valence-corrected chi connectivity index (χ0v) is 14.0. The number of carbonyl (C=O) groups is 2. The highest BCUT2D eigenvalue weighted by Gasteiger charge is 2.07. The summed E-state index contributed by atoms with van der Waals surface area (Å²) in [5.74, 6) is -0.458. The van der Waals surface area contributed by atoms with E-state index >= 15 is 0 Å². The van der Waals surface area contributed by atoms with Crippen molar-refractivity contribution in [2.75, 3.05) is 14.2 Å². The zero-order chi connectivity index (χ0) is 18.3. The average Bonchev–Trinajstić information content (AvgIpc) is 2.54. The van der Waals surface area contributed by atoms with Crippen LogP contribution in [0.2, 0.25) is 0 Å². The molecule has 2 N–H and O–H groups in total. The van der Waals surface area contributed by atoms with Crippen LogP contribution in [0.5, 0.6) is 11.5 Å². The molecule has 6 heteroatoms. The Hall–Kier alpha value is -3.02. The smallest absolute Gasteiger partial charge is 0.335 e. The van der Waals surface area contributed by atoms with E-state index in [-0.39, 0.29) is 0 Å². The van der Waals surface area contributed by atoms with Crippen molar-refractivity contribution in [2.45, 2.75) is 13.8 Å². The van der Waals surface area contributed by atoms with Crippen molar-refractivity contribution < 1.29 is 29.3 Å². The molecule has 2 aromatic carbocycles. The standard InChI is InChI=1S/2C9H10O3/c2*1-6-5-7(12-2)3-4-8(6)9(10)11/h2*3-5H,1-2H3,(H,10,11). The lowest BCUT2D eigenvalue weighted by molar-refractivity contribution is 0.0685. The van der Waals surface area contributed by atoms with Crippen molar-refractivity contribution in [3.63, 3.8) is 0 Å². The third-order valence-corrected chi connectivity index (χ3v) is 3.33. The van der Waals surface area contributed by atoms with Gasteiger partial charge in [0.25, 0.3) is 0 Å². The quantitative estimate of drug-likeness (QED) is 0.891. The summed E-state index contributed by atoms with van der Waals surface area (Å²) in [5, 5.41) is 17.4. The van der Waals surface area contributed by atoms with E-state index in [0.29, 0.717) is 33.8 Å². The molecule has 0 aromatic heterocycles. The van der Waals surface area contributed by atoms with Crippen LogP contribution in [0, 0.1) is 13.8 Å². The van der Waals surface area contributed by atoms with Crippen LogP contribution in [0.1, 0.15) is 31.8 Å². The number of benzene rings is 2. The van der Waals surface area contributed by atoms with Gasteiger partial charge in [-0.1, -0.05) is 0 Å². The Labute approximate surface area is 140 Å². The summed E-state index contributed by atoms with van der Waals surface area (Å²) in [6.07, 6.45) is 0. The fourth-order valence-corrected chi connectivity index (χ4v) is 2.01. The molecule has 0 aliphatic heterocycles. The number of ether oxygens (including phenoxy) is 2. The minimum absolute atomic E-state index is 0.316. The molecule has 0 fully saturated rings. The SMILES string of the molecule is COc1ccc(C(=O)O)c(C)c1.COc1ccc(C(=O)O)c(C)c1. The topological polar surface area (TPSA) is 93.1 Å². The number of aromatic carboxylic acids is 2. The van der Waals surface area contributed by atoms with Crippen LogP contribution in [0.25, 0.3) is 0 Å². The average molecular weight is 332 g/mol. The fourth-order valence-electron chi connectivity index (χ4n) is 2.01. The highest BCUT2D eigenvalue weighted by molar-refractivity contribution is 5.90. The van der Waals surface area contributed by atoms with Gasteiger partial charge in [0.05, 0.1) is 25.3 Å². The Morgan fingerprint density at radius 2 is 1.08 bits per heavy atom. The van der Waals surface area contributed by atoms with Gasteiger partial charge in [0.2, 0.25) is 0 Å². The Morgan fingerprint density at radius 3 is 1.29 bits per heavy atom. The van der Waals surface area contributed by atoms with Gasteiger partial charge in [-0.05, 0) is 61.4 Å². The molecule has 0 aliphatic rings. The van der Waals surface area contributed by atoms with E-state index in [1.54, 1.807) is 52.3 Å². The van der Waals surface area contributed by atoms with Gasteiger partial charge in [0, 0.05) is 0 Å². The summed E-state index contributed by atoms with van der Waals surface area (Å²) in [5.41, 5.74) is 2.05. The zero-order valence-electron chi connectivity index (χ0n) is 14.0. The Kier molecular flexibility index (Phi) is 6.79. The second kappa shape index (κ2) is 8.57. The van der Waals surface area contributed by atoms with E-state index in [9.17, 15) is 9.59 Å². The van der Waals surface area contributed by atoms with Crippen molar-refractivity contribution >= 4 is 11.9 Å². The molecular weight excluding hydrogens is 312 g/mol. The maximum atomic E-state index is 10.6. The van der Waals surface area contributed by atoms with E-state index in [2.05, 4.69) is 0 Å². The molecule has 2 rings (SSSR count). The molecule has 0 amide bonds. The van der Waals surface area contributed by atoms with Crippen molar-refractivity contribution in [1.82, 2.24) is 0 Å². The molecule has 0 atom stereocenters. The van der Waals surface area contributed by atoms with Gasteiger partial charge >= 0.3 is 11.9 Å². The summed E-state index contributed by atoms with van der Waals surface area (Å²) >= 11 is 0. The van der Waals surface area contributed by atoms with Gasteiger partial charge in [-0.15, -0.1) is 0 Å². The number of rotatable bonds is 4. The molecule has 0 bridgehead atoms. The molecule has 0 unspecified atom stereocenters. The number of carboxylic acid groups (broad SMARTS) is 2. The van der Waals surface area contributed by atoms with Crippen LogP contribution in [0.3, 0.4) is 0 Å². The second-order valence-corrected chi connectivity index (χ2v) is 4.97. The van der Waals surface area contributed by atoms with E-state index in [1.165, 1.54) is 12.1 Å². The molecule has 0 aliphatic carbocycles. The van der Waals surface area contributed by atoms with Crippen molar-refractivity contribution in [1.29, 1.82) is 0 Å². The number of hydrogen-bond acceptors (Lipinski definition) is 4. The molecule has 0 spiro atoms. The van der Waals surface area contributed by atoms with Crippen LogP contribution in [-0.2, 0) is 0 Å². The van der Waals surface area contributed by atoms with E-state index in [0.717, 1.165) is 0 Å². The van der Waals surface area contributed by atoms with Crippen molar-refractivity contribution in [3.05, 3.63) is 58.7 Å². The first kappa shape index (κ1) is 19.0. The van der Waals surface area contributed by atoms with Crippen LogP contribution >= 0.6 is 0 Å². The minimum Gasteiger partial charge on any atom is -0.497 e. The first-order chi connectivity index (χ1) is 11.3. The normalized spacial score (nSPS) is 9.50. The molecule has 24 heavy (non-hydrogen) atoms. The van der Waals surface area contributed by atoms with Crippen LogP contribution in [0.15, 0.2) is 36.4 Å². The summed E-state index contributed by atoms with van der Waals surface area (Å²) in [7, 11) is 3.10. The Bertz CT molecular complexity index is 673. The third kappa shape index (κ3) is 5.01. The monoisotopic (exact) mass is 332 g/mol. The summed E-state index contributed by atoms with van der Waals surface area (Å²) < 4.78 is 9.87. The van der Waals surface area contributed by atoms with Crippen molar-refractivity contribution in [3.8, 4) is 11.5 Å². The minimum atomic E-state index is -0.907. The van der Waals surface area contributed by atoms with Gasteiger partial charge < -0.3 is 19.7 Å². The lowest BCUT2D eigenvalue weighted by Crippen LogP contribution is -1.99. The Morgan fingerprint density at radius 1 is 0.750 bits per heavy atom. The molecule has 2 aromatic rings. The number of methoxy groups -OCH3 is 2. The molecule has 0 saturated heterocycles. The predicted octanol–water partition coefficient (Wildman–Crippen LogP) is 3.40. The number of hydrogen-bond donors (Lipinski definition) is 2. The summed E-state index contributed by atoms with van der Waals surface area (Å²) in [6.45, 7) is 3.48. The Balaban J connectivity index is 0.000000240. The first-order valence-electron chi connectivity index (χ1n) is 7.06. The highest BCUT2D eigenvalue weighted by Crippen LogP contribution is 2.17. The summed E-state index contributed by atoms with van der Waals surface area (Å²) in [4.78, 5) is 21.2. The van der Waals surface area contributed by atoms with Gasteiger partial charge in [-0.2, -0.15) is 0 Å². The van der Waals surface area contributed by atoms with Crippen LogP contribution < -0.4 is 9.47 Å². The predicted molar refractivity (Wildman–Crippen MR) is 89.4 cm³/mol. The molecule has 128 valence electrons. The van der Waals surface area contributed by atoms with Gasteiger partial charge in [0.15, 0.2) is 0 Å². The maximum Gasteiger partial charge on any atom is 0.335 e.